The Morgan fingerprint density at radius 3 is 2.88 bits per heavy atom. The molecule has 0 spiro atoms. The first-order chi connectivity index (χ1) is 8.04. The van der Waals surface area contributed by atoms with Crippen LogP contribution in [-0.4, -0.2) is 23.3 Å². The molecule has 0 aliphatic carbocycles. The zero-order chi connectivity index (χ0) is 12.6. The van der Waals surface area contributed by atoms with Crippen molar-refractivity contribution in [1.29, 1.82) is 0 Å². The second kappa shape index (κ2) is 4.69. The van der Waals surface area contributed by atoms with Crippen molar-refractivity contribution in [1.82, 2.24) is 9.55 Å². The molecular weight excluding hydrogens is 214 g/mol. The van der Waals surface area contributed by atoms with E-state index in [-0.39, 0.29) is 5.92 Å². The highest BCUT2D eigenvalue weighted by Gasteiger charge is 2.27. The van der Waals surface area contributed by atoms with Gasteiger partial charge in [-0.05, 0) is 19.3 Å². The molecule has 0 radical (unpaired) electrons. The molecule has 1 aliphatic heterocycles. The molecule has 17 heavy (non-hydrogen) atoms. The fourth-order valence-electron chi connectivity index (χ4n) is 2.92. The van der Waals surface area contributed by atoms with E-state index in [1.165, 1.54) is 6.42 Å². The van der Waals surface area contributed by atoms with Gasteiger partial charge in [-0.15, -0.1) is 0 Å². The van der Waals surface area contributed by atoms with E-state index in [9.17, 15) is 0 Å². The van der Waals surface area contributed by atoms with E-state index < -0.39 is 0 Å². The van der Waals surface area contributed by atoms with E-state index in [0.717, 1.165) is 23.8 Å². The van der Waals surface area contributed by atoms with Crippen molar-refractivity contribution in [3.05, 3.63) is 11.5 Å². The molecule has 96 valence electrons. The molecule has 0 saturated carbocycles. The lowest BCUT2D eigenvalue weighted by molar-refractivity contribution is 0.183. The number of nitrogens with zero attached hydrogens (tertiary/aromatic N) is 2. The van der Waals surface area contributed by atoms with Gasteiger partial charge in [-0.25, -0.2) is 4.98 Å². The lowest BCUT2D eigenvalue weighted by Crippen LogP contribution is -2.22. The summed E-state index contributed by atoms with van der Waals surface area (Å²) in [4.78, 5) is 4.73. The van der Waals surface area contributed by atoms with Gasteiger partial charge in [-0.2, -0.15) is 0 Å². The first kappa shape index (κ1) is 12.4. The lowest BCUT2D eigenvalue weighted by Gasteiger charge is -2.27. The smallest absolute Gasteiger partial charge is 0.127 e. The van der Waals surface area contributed by atoms with Crippen molar-refractivity contribution in [2.75, 3.05) is 19.5 Å². The van der Waals surface area contributed by atoms with Crippen molar-refractivity contribution in [3.8, 4) is 0 Å². The van der Waals surface area contributed by atoms with Crippen molar-refractivity contribution in [2.45, 2.75) is 45.6 Å². The molecule has 2 N–H and O–H groups in total. The number of anilines is 1. The number of fused-ring (bicyclic) bond motifs is 1. The summed E-state index contributed by atoms with van der Waals surface area (Å²) in [5.74, 6) is 2.95. The first-order valence-corrected chi connectivity index (χ1v) is 6.40. The van der Waals surface area contributed by atoms with E-state index in [4.69, 9.17) is 15.5 Å². The predicted molar refractivity (Wildman–Crippen MR) is 69.1 cm³/mol. The summed E-state index contributed by atoms with van der Waals surface area (Å²) in [6.07, 6.45) is 2.22. The number of hydrogen-bond acceptors (Lipinski definition) is 3. The van der Waals surface area contributed by atoms with Crippen molar-refractivity contribution in [3.63, 3.8) is 0 Å². The van der Waals surface area contributed by atoms with Crippen LogP contribution in [0.15, 0.2) is 0 Å². The first-order valence-electron chi connectivity index (χ1n) is 6.40. The summed E-state index contributed by atoms with van der Waals surface area (Å²) in [6, 6.07) is 0.463. The van der Waals surface area contributed by atoms with Gasteiger partial charge in [0.25, 0.3) is 0 Å². The Balaban J connectivity index is 2.35. The quantitative estimate of drug-likeness (QED) is 0.878. The summed E-state index contributed by atoms with van der Waals surface area (Å²) in [6.45, 7) is 7.29. The van der Waals surface area contributed by atoms with Crippen LogP contribution in [0.3, 0.4) is 0 Å². The van der Waals surface area contributed by atoms with E-state index in [0.29, 0.717) is 18.6 Å². The Hall–Kier alpha value is -1.03. The molecule has 3 unspecified atom stereocenters. The minimum absolute atomic E-state index is 0.264. The van der Waals surface area contributed by atoms with Crippen LogP contribution in [0.25, 0.3) is 0 Å². The largest absolute Gasteiger partial charge is 0.384 e. The molecule has 4 heteroatoms. The summed E-state index contributed by atoms with van der Waals surface area (Å²) in [7, 11) is 1.72. The van der Waals surface area contributed by atoms with Gasteiger partial charge in [-0.1, -0.05) is 13.8 Å². The third-order valence-electron chi connectivity index (χ3n) is 3.65. The summed E-state index contributed by atoms with van der Waals surface area (Å²) >= 11 is 0. The van der Waals surface area contributed by atoms with Gasteiger partial charge in [0, 0.05) is 25.5 Å². The summed E-state index contributed by atoms with van der Waals surface area (Å²) < 4.78 is 7.40. The van der Waals surface area contributed by atoms with Gasteiger partial charge in [0.05, 0.1) is 12.3 Å². The van der Waals surface area contributed by atoms with E-state index in [1.807, 2.05) is 0 Å². The topological polar surface area (TPSA) is 53.1 Å². The molecule has 0 amide bonds. The number of aromatic nitrogens is 2. The van der Waals surface area contributed by atoms with Crippen LogP contribution in [0, 0.1) is 5.92 Å². The minimum atomic E-state index is 0.264. The van der Waals surface area contributed by atoms with E-state index in [1.54, 1.807) is 7.11 Å². The molecule has 2 rings (SSSR count). The third-order valence-corrected chi connectivity index (χ3v) is 3.65. The monoisotopic (exact) mass is 237 g/mol. The number of rotatable bonds is 3. The molecule has 4 nitrogen and oxygen atoms in total. The summed E-state index contributed by atoms with van der Waals surface area (Å²) in [5.41, 5.74) is 7.24. The third kappa shape index (κ3) is 2.18. The SMILES string of the molecule is COCC(C)c1nc2n(c1N)C(C)CC(C)C2. The molecule has 0 aromatic carbocycles. The van der Waals surface area contributed by atoms with Crippen LogP contribution in [-0.2, 0) is 11.2 Å². The van der Waals surface area contributed by atoms with Gasteiger partial charge < -0.3 is 15.0 Å². The molecular formula is C13H23N3O. The number of hydrogen-bond donors (Lipinski definition) is 1. The van der Waals surface area contributed by atoms with Crippen LogP contribution < -0.4 is 5.73 Å². The number of imidazole rings is 1. The van der Waals surface area contributed by atoms with Crippen LogP contribution >= 0.6 is 0 Å². The maximum atomic E-state index is 6.24. The zero-order valence-corrected chi connectivity index (χ0v) is 11.2. The molecule has 0 fully saturated rings. The molecule has 3 atom stereocenters. The van der Waals surface area contributed by atoms with Gasteiger partial charge in [0.15, 0.2) is 0 Å². The van der Waals surface area contributed by atoms with E-state index in [2.05, 4.69) is 25.3 Å². The number of nitrogens with two attached hydrogens (primary N) is 1. The van der Waals surface area contributed by atoms with Crippen LogP contribution in [0.4, 0.5) is 5.82 Å². The van der Waals surface area contributed by atoms with Gasteiger partial charge in [-0.3, -0.25) is 0 Å². The standard InChI is InChI=1S/C13H23N3O/c1-8-5-10(3)16-11(6-8)15-12(13(16)14)9(2)7-17-4/h8-10H,5-7,14H2,1-4H3. The summed E-state index contributed by atoms with van der Waals surface area (Å²) in [5, 5.41) is 0. The lowest BCUT2D eigenvalue weighted by atomic mass is 9.95. The second-order valence-corrected chi connectivity index (χ2v) is 5.42. The minimum Gasteiger partial charge on any atom is -0.384 e. The van der Waals surface area contributed by atoms with Crippen LogP contribution in [0.5, 0.6) is 0 Å². The fourth-order valence-corrected chi connectivity index (χ4v) is 2.92. The molecule has 1 aliphatic rings. The maximum Gasteiger partial charge on any atom is 0.127 e. The highest BCUT2D eigenvalue weighted by atomic mass is 16.5. The molecule has 0 saturated heterocycles. The molecule has 0 bridgehead atoms. The molecule has 1 aromatic heterocycles. The second-order valence-electron chi connectivity index (χ2n) is 5.42. The van der Waals surface area contributed by atoms with Crippen LogP contribution in [0.1, 0.15) is 50.7 Å². The van der Waals surface area contributed by atoms with E-state index >= 15 is 0 Å². The Morgan fingerprint density at radius 1 is 1.53 bits per heavy atom. The van der Waals surface area contributed by atoms with Crippen LogP contribution in [0.2, 0.25) is 0 Å². The Bertz CT molecular complexity index is 400. The van der Waals surface area contributed by atoms with Crippen molar-refractivity contribution < 1.29 is 4.74 Å². The predicted octanol–water partition coefficient (Wildman–Crippen LogP) is 2.36. The van der Waals surface area contributed by atoms with Gasteiger partial charge in [0.2, 0.25) is 0 Å². The molecule has 2 heterocycles. The highest BCUT2D eigenvalue weighted by Crippen LogP contribution is 2.34. The van der Waals surface area contributed by atoms with Crippen molar-refractivity contribution in [2.24, 2.45) is 5.92 Å². The maximum absolute atomic E-state index is 6.24. The Morgan fingerprint density at radius 2 is 2.24 bits per heavy atom. The average Bonchev–Trinajstić information content (AvgIpc) is 2.56. The number of ether oxygens (including phenoxy) is 1. The van der Waals surface area contributed by atoms with Gasteiger partial charge in [0.1, 0.15) is 11.6 Å². The molecule has 1 aromatic rings. The average molecular weight is 237 g/mol. The zero-order valence-electron chi connectivity index (χ0n) is 11.2. The Kier molecular flexibility index (Phi) is 3.43. The number of nitrogen functional groups attached to an aromatic ring is 1. The fraction of sp³-hybridized carbons (Fsp3) is 0.769. The highest BCUT2D eigenvalue weighted by molar-refractivity contribution is 5.41. The van der Waals surface area contributed by atoms with Gasteiger partial charge >= 0.3 is 0 Å². The Labute approximate surface area is 103 Å². The van der Waals surface area contributed by atoms with Crippen molar-refractivity contribution >= 4 is 5.82 Å². The normalized spacial score (nSPS) is 25.6. The number of methoxy groups -OCH3 is 1.